The molecule has 188 valence electrons. The molecule has 0 saturated carbocycles. The first-order chi connectivity index (χ1) is 17.3. The zero-order valence-corrected chi connectivity index (χ0v) is 21.7. The van der Waals surface area contributed by atoms with Gasteiger partial charge in [-0.05, 0) is 59.5 Å². The first kappa shape index (κ1) is 25.4. The molecular weight excluding hydrogens is 504 g/mol. The molecule has 1 aromatic heterocycles. The maximum Gasteiger partial charge on any atom is 0.261 e. The lowest BCUT2D eigenvalue weighted by molar-refractivity contribution is 0.355. The van der Waals surface area contributed by atoms with Crippen LogP contribution >= 0.6 is 11.6 Å². The fourth-order valence-corrected chi connectivity index (χ4v) is 5.08. The van der Waals surface area contributed by atoms with E-state index < -0.39 is 10.0 Å². The number of hydrogen-bond acceptors (Lipinski definition) is 7. The van der Waals surface area contributed by atoms with Gasteiger partial charge in [0.1, 0.15) is 0 Å². The van der Waals surface area contributed by atoms with E-state index in [1.165, 1.54) is 38.5 Å². The monoisotopic (exact) mass is 528 g/mol. The molecule has 3 aromatic carbocycles. The van der Waals surface area contributed by atoms with Crippen molar-refractivity contribution in [3.63, 3.8) is 0 Å². The van der Waals surface area contributed by atoms with E-state index in [1.807, 2.05) is 18.2 Å². The van der Waals surface area contributed by atoms with Gasteiger partial charge in [0.15, 0.2) is 23.0 Å². The summed E-state index contributed by atoms with van der Waals surface area (Å²) in [6.45, 7) is 0. The zero-order valence-electron chi connectivity index (χ0n) is 20.2. The second kappa shape index (κ2) is 10.5. The molecule has 0 spiro atoms. The lowest BCUT2D eigenvalue weighted by Crippen LogP contribution is -2.15. The number of rotatable bonds is 9. The Bertz CT molecular complexity index is 1510. The number of nitrogens with zero attached hydrogens (tertiary/aromatic N) is 1. The third kappa shape index (κ3) is 5.12. The number of fused-ring (bicyclic) bond motifs is 1. The molecule has 0 bridgehead atoms. The standard InChI is InChI=1S/C26H25ClN2O6S/c1-32-23-12-16-9-10-28-22(20(16)14-25(23)34-3)11-17-13-24(33-2)26(35-4)15-21(17)29-36(30,31)19-7-5-18(27)6-8-19/h5-10,12-15,29H,11H2,1-4H3. The summed E-state index contributed by atoms with van der Waals surface area (Å²) in [6, 6.07) is 14.9. The molecule has 10 heteroatoms. The van der Waals surface area contributed by atoms with Gasteiger partial charge >= 0.3 is 0 Å². The lowest BCUT2D eigenvalue weighted by atomic mass is 10.0. The van der Waals surface area contributed by atoms with E-state index in [9.17, 15) is 8.42 Å². The van der Waals surface area contributed by atoms with Crippen LogP contribution in [0.15, 0.2) is 65.7 Å². The Morgan fingerprint density at radius 3 is 2.03 bits per heavy atom. The molecular formula is C26H25ClN2O6S. The number of nitrogens with one attached hydrogen (secondary N) is 1. The number of aromatic nitrogens is 1. The fraction of sp³-hybridized carbons (Fsp3) is 0.192. The van der Waals surface area contributed by atoms with Crippen molar-refractivity contribution in [1.82, 2.24) is 4.98 Å². The minimum absolute atomic E-state index is 0.0766. The molecule has 4 aromatic rings. The van der Waals surface area contributed by atoms with Crippen LogP contribution in [0.3, 0.4) is 0 Å². The smallest absolute Gasteiger partial charge is 0.261 e. The minimum Gasteiger partial charge on any atom is -0.493 e. The van der Waals surface area contributed by atoms with E-state index in [1.54, 1.807) is 32.5 Å². The van der Waals surface area contributed by atoms with Crippen LogP contribution in [-0.4, -0.2) is 41.8 Å². The maximum absolute atomic E-state index is 13.2. The highest BCUT2D eigenvalue weighted by Crippen LogP contribution is 2.38. The highest BCUT2D eigenvalue weighted by atomic mass is 35.5. The van der Waals surface area contributed by atoms with Gasteiger partial charge < -0.3 is 18.9 Å². The second-order valence-electron chi connectivity index (χ2n) is 7.79. The third-order valence-corrected chi connectivity index (χ3v) is 7.32. The summed E-state index contributed by atoms with van der Waals surface area (Å²) in [5, 5.41) is 2.19. The Kier molecular flexibility index (Phi) is 7.42. The predicted molar refractivity (Wildman–Crippen MR) is 139 cm³/mol. The number of hydrogen-bond donors (Lipinski definition) is 1. The van der Waals surface area contributed by atoms with Gasteiger partial charge in [-0.1, -0.05) is 11.6 Å². The SMILES string of the molecule is COc1cc(Cc2nccc3cc(OC)c(OC)cc23)c(NS(=O)(=O)c2ccc(Cl)cc2)cc1OC. The maximum atomic E-state index is 13.2. The summed E-state index contributed by atoms with van der Waals surface area (Å²) >= 11 is 5.93. The largest absolute Gasteiger partial charge is 0.493 e. The average molecular weight is 529 g/mol. The molecule has 0 atom stereocenters. The molecule has 0 aliphatic rings. The second-order valence-corrected chi connectivity index (χ2v) is 9.91. The molecule has 0 aliphatic carbocycles. The van der Waals surface area contributed by atoms with Gasteiger partial charge in [-0.3, -0.25) is 9.71 Å². The number of anilines is 1. The van der Waals surface area contributed by atoms with Crippen molar-refractivity contribution in [3.05, 3.63) is 77.1 Å². The van der Waals surface area contributed by atoms with Crippen LogP contribution in [0.2, 0.25) is 5.02 Å². The molecule has 0 radical (unpaired) electrons. The van der Waals surface area contributed by atoms with Crippen molar-refractivity contribution in [2.45, 2.75) is 11.3 Å². The van der Waals surface area contributed by atoms with E-state index >= 15 is 0 Å². The van der Waals surface area contributed by atoms with E-state index in [-0.39, 0.29) is 4.90 Å². The quantitative estimate of drug-likeness (QED) is 0.314. The number of sulfonamides is 1. The Labute approximate surface area is 214 Å². The summed E-state index contributed by atoms with van der Waals surface area (Å²) < 4.78 is 50.8. The van der Waals surface area contributed by atoms with Crippen molar-refractivity contribution in [2.24, 2.45) is 0 Å². The lowest BCUT2D eigenvalue weighted by Gasteiger charge is -2.17. The Balaban J connectivity index is 1.82. The summed E-state index contributed by atoms with van der Waals surface area (Å²) in [5.41, 5.74) is 1.69. The highest BCUT2D eigenvalue weighted by Gasteiger charge is 2.20. The van der Waals surface area contributed by atoms with Crippen LogP contribution in [-0.2, 0) is 16.4 Å². The Hall–Kier alpha value is -3.69. The van der Waals surface area contributed by atoms with E-state index in [4.69, 9.17) is 30.5 Å². The Morgan fingerprint density at radius 1 is 0.806 bits per heavy atom. The van der Waals surface area contributed by atoms with Crippen molar-refractivity contribution in [1.29, 1.82) is 0 Å². The van der Waals surface area contributed by atoms with Gasteiger partial charge in [0, 0.05) is 29.1 Å². The number of halogens is 1. The molecule has 0 fully saturated rings. The van der Waals surface area contributed by atoms with Crippen molar-refractivity contribution in [3.8, 4) is 23.0 Å². The van der Waals surface area contributed by atoms with Gasteiger partial charge in [-0.2, -0.15) is 0 Å². The van der Waals surface area contributed by atoms with Crippen molar-refractivity contribution < 1.29 is 27.4 Å². The number of ether oxygens (including phenoxy) is 4. The summed E-state index contributed by atoms with van der Waals surface area (Å²) in [6.07, 6.45) is 1.99. The van der Waals surface area contributed by atoms with E-state index in [0.29, 0.717) is 51.4 Å². The molecule has 36 heavy (non-hydrogen) atoms. The van der Waals surface area contributed by atoms with Crippen LogP contribution in [0.4, 0.5) is 5.69 Å². The van der Waals surface area contributed by atoms with Gasteiger partial charge in [0.2, 0.25) is 0 Å². The van der Waals surface area contributed by atoms with Crippen LogP contribution in [0, 0.1) is 0 Å². The number of methoxy groups -OCH3 is 4. The predicted octanol–water partition coefficient (Wildman–Crippen LogP) is 5.31. The summed E-state index contributed by atoms with van der Waals surface area (Å²) in [4.78, 5) is 4.65. The van der Waals surface area contributed by atoms with Gasteiger partial charge in [0.25, 0.3) is 10.0 Å². The van der Waals surface area contributed by atoms with E-state index in [2.05, 4.69) is 9.71 Å². The van der Waals surface area contributed by atoms with Crippen molar-refractivity contribution >= 4 is 38.1 Å². The molecule has 0 unspecified atom stereocenters. The zero-order chi connectivity index (χ0) is 25.9. The molecule has 1 N–H and O–H groups in total. The first-order valence-electron chi connectivity index (χ1n) is 10.8. The van der Waals surface area contributed by atoms with Gasteiger partial charge in [-0.15, -0.1) is 0 Å². The molecule has 8 nitrogen and oxygen atoms in total. The molecule has 1 heterocycles. The minimum atomic E-state index is -3.91. The summed E-state index contributed by atoms with van der Waals surface area (Å²) in [5.74, 6) is 2.01. The topological polar surface area (TPSA) is 96.0 Å². The van der Waals surface area contributed by atoms with Crippen LogP contribution < -0.4 is 23.7 Å². The third-order valence-electron chi connectivity index (χ3n) is 5.69. The van der Waals surface area contributed by atoms with Gasteiger partial charge in [-0.25, -0.2) is 8.42 Å². The van der Waals surface area contributed by atoms with Crippen LogP contribution in [0.5, 0.6) is 23.0 Å². The van der Waals surface area contributed by atoms with Gasteiger partial charge in [0.05, 0.1) is 44.7 Å². The molecule has 4 rings (SSSR count). The molecule has 0 aliphatic heterocycles. The number of benzene rings is 3. The van der Waals surface area contributed by atoms with Crippen LogP contribution in [0.1, 0.15) is 11.3 Å². The first-order valence-corrected chi connectivity index (χ1v) is 12.7. The van der Waals surface area contributed by atoms with Crippen LogP contribution in [0.25, 0.3) is 10.8 Å². The normalized spacial score (nSPS) is 11.2. The molecule has 0 amide bonds. The fourth-order valence-electron chi connectivity index (χ4n) is 3.86. The summed E-state index contributed by atoms with van der Waals surface area (Å²) in [7, 11) is 2.24. The van der Waals surface area contributed by atoms with E-state index in [0.717, 1.165) is 10.8 Å². The molecule has 0 saturated heterocycles. The number of pyridine rings is 1. The Morgan fingerprint density at radius 2 is 1.39 bits per heavy atom. The average Bonchev–Trinajstić information content (AvgIpc) is 2.88. The highest BCUT2D eigenvalue weighted by molar-refractivity contribution is 7.92. The van der Waals surface area contributed by atoms with Crippen molar-refractivity contribution in [2.75, 3.05) is 33.2 Å².